The van der Waals surface area contributed by atoms with Crippen LogP contribution in [0.5, 0.6) is 0 Å². The molecule has 0 spiro atoms. The predicted molar refractivity (Wildman–Crippen MR) is 112 cm³/mol. The van der Waals surface area contributed by atoms with E-state index in [1.54, 1.807) is 11.3 Å². The first-order valence-corrected chi connectivity index (χ1v) is 10.7. The fraction of sp³-hybridized carbons (Fsp3) is 0.429. The fourth-order valence-corrected chi connectivity index (χ4v) is 5.01. The number of nitrogens with one attached hydrogen (secondary N) is 1. The van der Waals surface area contributed by atoms with E-state index in [4.69, 9.17) is 21.6 Å². The third-order valence-corrected chi connectivity index (χ3v) is 6.77. The molecule has 0 radical (unpaired) electrons. The molecule has 136 valence electrons. The number of halogens is 1. The van der Waals surface area contributed by atoms with Crippen molar-refractivity contribution in [2.75, 3.05) is 11.9 Å². The van der Waals surface area contributed by atoms with Gasteiger partial charge < -0.3 is 5.32 Å². The second-order valence-corrected chi connectivity index (χ2v) is 8.66. The first kappa shape index (κ1) is 17.7. The smallest absolute Gasteiger partial charge is 0.140 e. The summed E-state index contributed by atoms with van der Waals surface area (Å²) in [5.41, 5.74) is 1.32. The number of anilines is 1. The van der Waals surface area contributed by atoms with E-state index in [-0.39, 0.29) is 0 Å². The number of aryl methyl sites for hydroxylation is 1. The van der Waals surface area contributed by atoms with Crippen molar-refractivity contribution in [2.24, 2.45) is 0 Å². The highest BCUT2D eigenvalue weighted by Crippen LogP contribution is 2.39. The quantitative estimate of drug-likeness (QED) is 0.555. The second kappa shape index (κ2) is 7.93. The van der Waals surface area contributed by atoms with Crippen molar-refractivity contribution in [3.8, 4) is 0 Å². The van der Waals surface area contributed by atoms with Gasteiger partial charge in [-0.05, 0) is 31.7 Å². The molecule has 0 amide bonds. The summed E-state index contributed by atoms with van der Waals surface area (Å²) in [5.74, 6) is 2.39. The highest BCUT2D eigenvalue weighted by atomic mass is 35.5. The molecule has 26 heavy (non-hydrogen) atoms. The number of thiophene rings is 1. The van der Waals surface area contributed by atoms with Crippen LogP contribution in [0.25, 0.3) is 10.2 Å². The van der Waals surface area contributed by atoms with Crippen LogP contribution < -0.4 is 5.32 Å². The summed E-state index contributed by atoms with van der Waals surface area (Å²) in [4.78, 5) is 12.0. The number of hydrogen-bond donors (Lipinski definition) is 1. The zero-order valence-corrected chi connectivity index (χ0v) is 16.7. The topological polar surface area (TPSA) is 37.8 Å². The van der Waals surface area contributed by atoms with Crippen LogP contribution in [0.1, 0.15) is 54.3 Å². The molecule has 2 aromatic heterocycles. The Balaban J connectivity index is 1.62. The fourth-order valence-electron chi connectivity index (χ4n) is 3.74. The molecule has 2 heterocycles. The number of fused-ring (bicyclic) bond motifs is 1. The summed E-state index contributed by atoms with van der Waals surface area (Å²) in [6.45, 7) is 2.90. The van der Waals surface area contributed by atoms with Gasteiger partial charge in [-0.2, -0.15) is 0 Å². The summed E-state index contributed by atoms with van der Waals surface area (Å²) in [7, 11) is 0. The molecular formula is C21H24ClN3S. The highest BCUT2D eigenvalue weighted by Gasteiger charge is 2.22. The number of hydrogen-bond acceptors (Lipinski definition) is 4. The summed E-state index contributed by atoms with van der Waals surface area (Å²) >= 11 is 8.25. The van der Waals surface area contributed by atoms with Crippen molar-refractivity contribution in [1.29, 1.82) is 0 Å². The largest absolute Gasteiger partial charge is 0.369 e. The monoisotopic (exact) mass is 385 g/mol. The maximum Gasteiger partial charge on any atom is 0.140 e. The van der Waals surface area contributed by atoms with E-state index in [1.165, 1.54) is 37.7 Å². The molecule has 1 saturated carbocycles. The van der Waals surface area contributed by atoms with Crippen LogP contribution in [-0.4, -0.2) is 16.5 Å². The van der Waals surface area contributed by atoms with Crippen LogP contribution >= 0.6 is 22.9 Å². The van der Waals surface area contributed by atoms with Gasteiger partial charge in [-0.3, -0.25) is 0 Å². The Kier molecular flexibility index (Phi) is 5.41. The van der Waals surface area contributed by atoms with Crippen molar-refractivity contribution in [1.82, 2.24) is 9.97 Å². The lowest BCUT2D eigenvalue weighted by atomic mass is 9.88. The average molecular weight is 386 g/mol. The van der Waals surface area contributed by atoms with Crippen molar-refractivity contribution in [3.63, 3.8) is 0 Å². The van der Waals surface area contributed by atoms with Gasteiger partial charge in [-0.25, -0.2) is 9.97 Å². The van der Waals surface area contributed by atoms with Gasteiger partial charge in [-0.15, -0.1) is 11.3 Å². The lowest BCUT2D eigenvalue weighted by Gasteiger charge is -2.21. The molecule has 1 N–H and O–H groups in total. The zero-order chi connectivity index (χ0) is 17.9. The van der Waals surface area contributed by atoms with Gasteiger partial charge in [0.1, 0.15) is 16.5 Å². The lowest BCUT2D eigenvalue weighted by Crippen LogP contribution is -2.12. The summed E-state index contributed by atoms with van der Waals surface area (Å²) in [6, 6.07) is 10.5. The van der Waals surface area contributed by atoms with Gasteiger partial charge in [0.05, 0.1) is 10.4 Å². The third kappa shape index (κ3) is 3.72. The Hall–Kier alpha value is -1.65. The highest BCUT2D eigenvalue weighted by molar-refractivity contribution is 7.19. The van der Waals surface area contributed by atoms with E-state index in [2.05, 4.69) is 42.6 Å². The first-order valence-electron chi connectivity index (χ1n) is 9.46. The van der Waals surface area contributed by atoms with Gasteiger partial charge in [0.15, 0.2) is 0 Å². The van der Waals surface area contributed by atoms with Crippen molar-refractivity contribution in [3.05, 3.63) is 51.6 Å². The van der Waals surface area contributed by atoms with Gasteiger partial charge in [0.2, 0.25) is 0 Å². The SMILES string of the molecule is Cc1sc2nc(C3CCCCC3)nc(NCCc3ccccc3)c2c1Cl. The summed E-state index contributed by atoms with van der Waals surface area (Å²) in [5, 5.41) is 5.32. The molecule has 3 nitrogen and oxygen atoms in total. The molecule has 3 aromatic rings. The van der Waals surface area contributed by atoms with Crippen LogP contribution in [0.2, 0.25) is 5.02 Å². The van der Waals surface area contributed by atoms with Gasteiger partial charge in [0.25, 0.3) is 0 Å². The summed E-state index contributed by atoms with van der Waals surface area (Å²) in [6.07, 6.45) is 7.27. The standard InChI is InChI=1S/C21H24ClN3S/c1-14-18(22)17-20(23-13-12-15-8-4-2-5-9-15)24-19(25-21(17)26-14)16-10-6-3-7-11-16/h2,4-5,8-9,16H,3,6-7,10-13H2,1H3,(H,23,24,25). The molecule has 1 aliphatic carbocycles. The molecule has 0 atom stereocenters. The summed E-state index contributed by atoms with van der Waals surface area (Å²) < 4.78 is 0. The average Bonchev–Trinajstić information content (AvgIpc) is 2.97. The second-order valence-electron chi connectivity index (χ2n) is 7.08. The Labute approximate surface area is 163 Å². The number of benzene rings is 1. The van der Waals surface area contributed by atoms with E-state index in [1.807, 2.05) is 0 Å². The Morgan fingerprint density at radius 1 is 1.12 bits per heavy atom. The number of nitrogens with zero attached hydrogens (tertiary/aromatic N) is 2. The van der Waals surface area contributed by atoms with Crippen molar-refractivity contribution >= 4 is 39.0 Å². The van der Waals surface area contributed by atoms with E-state index in [9.17, 15) is 0 Å². The van der Waals surface area contributed by atoms with E-state index < -0.39 is 0 Å². The molecule has 4 rings (SSSR count). The van der Waals surface area contributed by atoms with Crippen LogP contribution in [0, 0.1) is 6.92 Å². The molecule has 1 fully saturated rings. The Bertz CT molecular complexity index is 885. The van der Waals surface area contributed by atoms with Crippen LogP contribution in [-0.2, 0) is 6.42 Å². The number of aromatic nitrogens is 2. The van der Waals surface area contributed by atoms with Crippen LogP contribution in [0.15, 0.2) is 30.3 Å². The van der Waals surface area contributed by atoms with Crippen molar-refractivity contribution in [2.45, 2.75) is 51.4 Å². The minimum atomic E-state index is 0.490. The molecule has 5 heteroatoms. The van der Waals surface area contributed by atoms with Crippen molar-refractivity contribution < 1.29 is 0 Å². The van der Waals surface area contributed by atoms with Gasteiger partial charge in [0, 0.05) is 17.3 Å². The van der Waals surface area contributed by atoms with E-state index >= 15 is 0 Å². The van der Waals surface area contributed by atoms with Crippen LogP contribution in [0.3, 0.4) is 0 Å². The minimum absolute atomic E-state index is 0.490. The molecule has 0 saturated heterocycles. The zero-order valence-electron chi connectivity index (χ0n) is 15.1. The maximum atomic E-state index is 6.57. The van der Waals surface area contributed by atoms with E-state index in [0.29, 0.717) is 5.92 Å². The Morgan fingerprint density at radius 3 is 2.65 bits per heavy atom. The normalized spacial score (nSPS) is 15.5. The van der Waals surface area contributed by atoms with Gasteiger partial charge >= 0.3 is 0 Å². The molecule has 0 bridgehead atoms. The molecule has 0 unspecified atom stereocenters. The van der Waals surface area contributed by atoms with Crippen LogP contribution in [0.4, 0.5) is 5.82 Å². The maximum absolute atomic E-state index is 6.57. The number of rotatable bonds is 5. The van der Waals surface area contributed by atoms with Gasteiger partial charge in [-0.1, -0.05) is 61.2 Å². The molecular weight excluding hydrogens is 362 g/mol. The minimum Gasteiger partial charge on any atom is -0.369 e. The lowest BCUT2D eigenvalue weighted by molar-refractivity contribution is 0.430. The Morgan fingerprint density at radius 2 is 1.88 bits per heavy atom. The van der Waals surface area contributed by atoms with E-state index in [0.717, 1.165) is 44.7 Å². The molecule has 1 aliphatic rings. The third-order valence-electron chi connectivity index (χ3n) is 5.19. The predicted octanol–water partition coefficient (Wildman–Crippen LogP) is 6.36. The first-order chi connectivity index (χ1) is 12.7. The molecule has 0 aliphatic heterocycles. The molecule has 1 aromatic carbocycles.